The van der Waals surface area contributed by atoms with Crippen LogP contribution in [0.1, 0.15) is 18.4 Å². The lowest BCUT2D eigenvalue weighted by atomic mass is 9.96. The Bertz CT molecular complexity index is 746. The summed E-state index contributed by atoms with van der Waals surface area (Å²) in [5.41, 5.74) is 1.64. The Hall–Kier alpha value is -1.26. The largest absolute Gasteiger partial charge is 0.326 e. The van der Waals surface area contributed by atoms with E-state index in [-0.39, 0.29) is 11.8 Å². The van der Waals surface area contributed by atoms with E-state index >= 15 is 0 Å². The Balaban J connectivity index is 1.63. The fraction of sp³-hybridized carbons (Fsp3) is 0.316. The second kappa shape index (κ2) is 8.41. The summed E-state index contributed by atoms with van der Waals surface area (Å²) >= 11 is 18.5. The molecule has 0 spiro atoms. The molecule has 2 aromatic carbocycles. The van der Waals surface area contributed by atoms with Crippen molar-refractivity contribution < 1.29 is 4.79 Å². The van der Waals surface area contributed by atoms with Gasteiger partial charge in [0.2, 0.25) is 5.91 Å². The van der Waals surface area contributed by atoms with E-state index < -0.39 is 0 Å². The van der Waals surface area contributed by atoms with Crippen molar-refractivity contribution in [3.63, 3.8) is 0 Å². The van der Waals surface area contributed by atoms with Gasteiger partial charge in [-0.3, -0.25) is 9.69 Å². The zero-order valence-corrected chi connectivity index (χ0v) is 15.9. The van der Waals surface area contributed by atoms with Crippen LogP contribution in [-0.2, 0) is 11.3 Å². The summed E-state index contributed by atoms with van der Waals surface area (Å²) in [6.07, 6.45) is 1.84. The molecule has 1 atom stereocenters. The summed E-state index contributed by atoms with van der Waals surface area (Å²) in [7, 11) is 0. The van der Waals surface area contributed by atoms with Crippen LogP contribution in [0.4, 0.5) is 5.69 Å². The van der Waals surface area contributed by atoms with Crippen LogP contribution in [0.25, 0.3) is 0 Å². The van der Waals surface area contributed by atoms with Gasteiger partial charge in [-0.05, 0) is 49.7 Å². The first kappa shape index (κ1) is 18.5. The third-order valence-corrected chi connectivity index (χ3v) is 5.36. The van der Waals surface area contributed by atoms with Crippen LogP contribution in [-0.4, -0.2) is 23.9 Å². The molecular formula is C19H19Cl3N2O. The Kier molecular flexibility index (Phi) is 6.24. The van der Waals surface area contributed by atoms with Crippen molar-refractivity contribution in [2.24, 2.45) is 5.92 Å². The van der Waals surface area contributed by atoms with Gasteiger partial charge in [-0.15, -0.1) is 0 Å². The van der Waals surface area contributed by atoms with Gasteiger partial charge in [0.1, 0.15) is 0 Å². The van der Waals surface area contributed by atoms with Gasteiger partial charge in [0.05, 0.1) is 5.92 Å². The molecule has 0 saturated carbocycles. The molecule has 1 heterocycles. The summed E-state index contributed by atoms with van der Waals surface area (Å²) in [5.74, 6) is -0.0359. The average Bonchev–Trinajstić information content (AvgIpc) is 2.58. The second-order valence-electron chi connectivity index (χ2n) is 6.27. The van der Waals surface area contributed by atoms with Gasteiger partial charge >= 0.3 is 0 Å². The number of rotatable bonds is 4. The number of nitrogens with one attached hydrogen (secondary N) is 1. The van der Waals surface area contributed by atoms with Gasteiger partial charge in [-0.1, -0.05) is 46.9 Å². The van der Waals surface area contributed by atoms with E-state index in [2.05, 4.69) is 10.2 Å². The SMILES string of the molecule is O=C(Nc1cccc(Cl)c1)C1CCCN(Cc2c(Cl)cccc2Cl)C1. The van der Waals surface area contributed by atoms with E-state index in [4.69, 9.17) is 34.8 Å². The molecule has 0 aliphatic carbocycles. The Morgan fingerprint density at radius 3 is 2.56 bits per heavy atom. The summed E-state index contributed by atoms with van der Waals surface area (Å²) in [6, 6.07) is 12.7. The lowest BCUT2D eigenvalue weighted by Gasteiger charge is -2.32. The highest BCUT2D eigenvalue weighted by Crippen LogP contribution is 2.28. The first-order chi connectivity index (χ1) is 12.0. The van der Waals surface area contributed by atoms with Crippen molar-refractivity contribution >= 4 is 46.4 Å². The number of halogens is 3. The number of likely N-dealkylation sites (tertiary alicyclic amines) is 1. The third kappa shape index (κ3) is 4.89. The van der Waals surface area contributed by atoms with Crippen LogP contribution in [0, 0.1) is 5.92 Å². The molecule has 0 bridgehead atoms. The smallest absolute Gasteiger partial charge is 0.228 e. The monoisotopic (exact) mass is 396 g/mol. The van der Waals surface area contributed by atoms with Gasteiger partial charge in [-0.25, -0.2) is 0 Å². The number of hydrogen-bond donors (Lipinski definition) is 1. The zero-order chi connectivity index (χ0) is 17.8. The van der Waals surface area contributed by atoms with Gasteiger partial charge in [-0.2, -0.15) is 0 Å². The van der Waals surface area contributed by atoms with Crippen LogP contribution in [0.2, 0.25) is 15.1 Å². The molecule has 132 valence electrons. The van der Waals surface area contributed by atoms with Gasteiger partial charge in [0.25, 0.3) is 0 Å². The van der Waals surface area contributed by atoms with Crippen molar-refractivity contribution in [3.8, 4) is 0 Å². The molecule has 3 rings (SSSR count). The Labute approximate surface area is 162 Å². The van der Waals surface area contributed by atoms with Crippen LogP contribution in [0.3, 0.4) is 0 Å². The first-order valence-corrected chi connectivity index (χ1v) is 9.38. The van der Waals surface area contributed by atoms with E-state index in [9.17, 15) is 4.79 Å². The molecule has 0 aromatic heterocycles. The van der Waals surface area contributed by atoms with Crippen molar-refractivity contribution in [1.82, 2.24) is 4.90 Å². The molecule has 1 unspecified atom stereocenters. The van der Waals surface area contributed by atoms with Crippen molar-refractivity contribution in [1.29, 1.82) is 0 Å². The molecule has 2 aromatic rings. The lowest BCUT2D eigenvalue weighted by Crippen LogP contribution is -2.40. The molecule has 0 radical (unpaired) electrons. The second-order valence-corrected chi connectivity index (χ2v) is 7.52. The van der Waals surface area contributed by atoms with Crippen LogP contribution in [0.15, 0.2) is 42.5 Å². The Morgan fingerprint density at radius 2 is 1.84 bits per heavy atom. The molecule has 25 heavy (non-hydrogen) atoms. The standard InChI is InChI=1S/C19H19Cl3N2O/c20-14-5-1-6-15(10-14)23-19(25)13-4-3-9-24(11-13)12-16-17(21)7-2-8-18(16)22/h1-2,5-8,10,13H,3-4,9,11-12H2,(H,23,25). The van der Waals surface area contributed by atoms with E-state index in [1.807, 2.05) is 30.3 Å². The van der Waals surface area contributed by atoms with E-state index in [0.29, 0.717) is 28.2 Å². The predicted octanol–water partition coefficient (Wildman–Crippen LogP) is 5.50. The average molecular weight is 398 g/mol. The number of hydrogen-bond acceptors (Lipinski definition) is 2. The van der Waals surface area contributed by atoms with E-state index in [1.165, 1.54) is 0 Å². The topological polar surface area (TPSA) is 32.3 Å². The van der Waals surface area contributed by atoms with Crippen molar-refractivity contribution in [3.05, 3.63) is 63.1 Å². The maximum Gasteiger partial charge on any atom is 0.228 e. The summed E-state index contributed by atoms with van der Waals surface area (Å²) in [6.45, 7) is 2.27. The molecule has 1 N–H and O–H groups in total. The molecule has 1 aliphatic rings. The minimum absolute atomic E-state index is 0.0252. The number of carbonyl (C=O) groups excluding carboxylic acids is 1. The molecule has 6 heteroatoms. The number of carbonyl (C=O) groups is 1. The fourth-order valence-corrected chi connectivity index (χ4v) is 3.84. The normalized spacial score (nSPS) is 18.1. The minimum Gasteiger partial charge on any atom is -0.326 e. The fourth-order valence-electron chi connectivity index (χ4n) is 3.13. The molecule has 1 amide bonds. The van der Waals surface area contributed by atoms with Gasteiger partial charge < -0.3 is 5.32 Å². The van der Waals surface area contributed by atoms with Crippen LogP contribution >= 0.6 is 34.8 Å². The number of nitrogens with zero attached hydrogens (tertiary/aromatic N) is 1. The predicted molar refractivity (Wildman–Crippen MR) is 105 cm³/mol. The molecule has 1 aliphatic heterocycles. The molecule has 1 fully saturated rings. The van der Waals surface area contributed by atoms with Gasteiger partial charge in [0, 0.05) is 39.4 Å². The van der Waals surface area contributed by atoms with E-state index in [1.54, 1.807) is 12.1 Å². The highest BCUT2D eigenvalue weighted by atomic mass is 35.5. The number of piperidine rings is 1. The summed E-state index contributed by atoms with van der Waals surface area (Å²) in [5, 5.41) is 4.89. The number of anilines is 1. The maximum atomic E-state index is 12.6. The Morgan fingerprint density at radius 1 is 1.12 bits per heavy atom. The third-order valence-electron chi connectivity index (χ3n) is 4.41. The zero-order valence-electron chi connectivity index (χ0n) is 13.6. The van der Waals surface area contributed by atoms with Gasteiger partial charge in [0.15, 0.2) is 0 Å². The highest BCUT2D eigenvalue weighted by Gasteiger charge is 2.26. The van der Waals surface area contributed by atoms with Crippen molar-refractivity contribution in [2.45, 2.75) is 19.4 Å². The molecule has 1 saturated heterocycles. The summed E-state index contributed by atoms with van der Waals surface area (Å²) < 4.78 is 0. The molecule has 3 nitrogen and oxygen atoms in total. The minimum atomic E-state index is -0.0611. The summed E-state index contributed by atoms with van der Waals surface area (Å²) in [4.78, 5) is 14.8. The van der Waals surface area contributed by atoms with Crippen LogP contribution in [0.5, 0.6) is 0 Å². The first-order valence-electron chi connectivity index (χ1n) is 8.24. The van der Waals surface area contributed by atoms with E-state index in [0.717, 1.165) is 30.6 Å². The highest BCUT2D eigenvalue weighted by molar-refractivity contribution is 6.36. The van der Waals surface area contributed by atoms with Crippen molar-refractivity contribution in [2.75, 3.05) is 18.4 Å². The number of amides is 1. The van der Waals surface area contributed by atoms with Crippen LogP contribution < -0.4 is 5.32 Å². The maximum absolute atomic E-state index is 12.6. The lowest BCUT2D eigenvalue weighted by molar-refractivity contribution is -0.121. The molecular weight excluding hydrogens is 379 g/mol. The number of benzene rings is 2. The quantitative estimate of drug-likeness (QED) is 0.739.